The van der Waals surface area contributed by atoms with E-state index < -0.39 is 24.8 Å². The Kier molecular flexibility index (Phi) is 4.51. The van der Waals surface area contributed by atoms with Crippen LogP contribution < -0.4 is 11.1 Å². The maximum absolute atomic E-state index is 11.6. The first kappa shape index (κ1) is 11.7. The second-order valence-electron chi connectivity index (χ2n) is 2.63. The molecule has 0 spiro atoms. The third kappa shape index (κ3) is 5.34. The molecule has 0 fully saturated rings. The highest BCUT2D eigenvalue weighted by Gasteiger charge is 2.28. The third-order valence-electron chi connectivity index (χ3n) is 1.48. The van der Waals surface area contributed by atoms with Crippen LogP contribution in [0.2, 0.25) is 0 Å². The van der Waals surface area contributed by atoms with Crippen LogP contribution in [-0.4, -0.2) is 36.5 Å². The zero-order valence-electron chi connectivity index (χ0n) is 6.73. The molecule has 0 aromatic heterocycles. The lowest BCUT2D eigenvalue weighted by Gasteiger charge is -2.19. The average molecular weight is 186 g/mol. The summed E-state index contributed by atoms with van der Waals surface area (Å²) in [6.07, 6.45) is -4.23. The van der Waals surface area contributed by atoms with Gasteiger partial charge in [-0.15, -0.1) is 0 Å². The molecule has 0 aliphatic heterocycles. The van der Waals surface area contributed by atoms with Gasteiger partial charge in [-0.3, -0.25) is 0 Å². The van der Waals surface area contributed by atoms with E-state index in [0.29, 0.717) is 0 Å². The van der Waals surface area contributed by atoms with Crippen LogP contribution in [0.5, 0.6) is 0 Å². The Bertz CT molecular complexity index is 128. The summed E-state index contributed by atoms with van der Waals surface area (Å²) in [5.41, 5.74) is 5.27. The van der Waals surface area contributed by atoms with Crippen molar-refractivity contribution in [2.24, 2.45) is 5.73 Å². The first-order valence-corrected chi connectivity index (χ1v) is 3.53. The lowest BCUT2D eigenvalue weighted by Crippen LogP contribution is -2.48. The van der Waals surface area contributed by atoms with Crippen molar-refractivity contribution in [1.29, 1.82) is 0 Å². The molecule has 0 amide bonds. The van der Waals surface area contributed by atoms with E-state index in [1.54, 1.807) is 0 Å². The minimum absolute atomic E-state index is 0.327. The molecule has 0 heterocycles. The van der Waals surface area contributed by atoms with Gasteiger partial charge in [-0.1, -0.05) is 0 Å². The molecule has 0 saturated heterocycles. The number of rotatable bonds is 4. The van der Waals surface area contributed by atoms with Crippen molar-refractivity contribution >= 4 is 0 Å². The van der Waals surface area contributed by atoms with Crippen LogP contribution >= 0.6 is 0 Å². The Labute approximate surface area is 68.7 Å². The molecule has 2 atom stereocenters. The lowest BCUT2D eigenvalue weighted by molar-refractivity contribution is -0.126. The summed E-state index contributed by atoms with van der Waals surface area (Å²) in [5.74, 6) is 0. The van der Waals surface area contributed by atoms with E-state index in [1.165, 1.54) is 6.92 Å². The van der Waals surface area contributed by atoms with Gasteiger partial charge in [0.1, 0.15) is 0 Å². The Morgan fingerprint density at radius 2 is 2.00 bits per heavy atom. The maximum atomic E-state index is 11.6. The predicted molar refractivity (Wildman–Crippen MR) is 38.6 cm³/mol. The zero-order chi connectivity index (χ0) is 9.78. The van der Waals surface area contributed by atoms with Crippen LogP contribution in [0.15, 0.2) is 0 Å². The molecule has 0 aromatic rings. The molecule has 3 nitrogen and oxygen atoms in total. The van der Waals surface area contributed by atoms with Gasteiger partial charge in [0, 0.05) is 12.1 Å². The topological polar surface area (TPSA) is 58.3 Å². The second kappa shape index (κ2) is 4.64. The monoisotopic (exact) mass is 186 g/mol. The van der Waals surface area contributed by atoms with Gasteiger partial charge >= 0.3 is 6.18 Å². The summed E-state index contributed by atoms with van der Waals surface area (Å²) in [7, 11) is 0. The van der Waals surface area contributed by atoms with Gasteiger partial charge in [0.15, 0.2) is 0 Å². The molecule has 0 bridgehead atoms. The van der Waals surface area contributed by atoms with E-state index in [0.717, 1.165) is 0 Å². The number of hydrogen-bond donors (Lipinski definition) is 3. The highest BCUT2D eigenvalue weighted by atomic mass is 19.4. The van der Waals surface area contributed by atoms with E-state index in [-0.39, 0.29) is 6.61 Å². The normalized spacial score (nSPS) is 17.5. The van der Waals surface area contributed by atoms with Crippen LogP contribution in [0.25, 0.3) is 0 Å². The number of nitrogens with two attached hydrogens (primary N) is 1. The van der Waals surface area contributed by atoms with Gasteiger partial charge in [0.25, 0.3) is 0 Å². The van der Waals surface area contributed by atoms with Crippen molar-refractivity contribution in [2.75, 3.05) is 13.2 Å². The number of halogens is 3. The van der Waals surface area contributed by atoms with Gasteiger partial charge in [-0.2, -0.15) is 13.2 Å². The number of aliphatic hydroxyl groups is 1. The smallest absolute Gasteiger partial charge is 0.395 e. The standard InChI is InChI=1S/C6H13F3N2O/c1-4(5(10)2-12)11-3-6(7,8)9/h4-5,11-12H,2-3,10H2,1H3. The van der Waals surface area contributed by atoms with E-state index >= 15 is 0 Å². The van der Waals surface area contributed by atoms with Crippen molar-refractivity contribution in [1.82, 2.24) is 5.32 Å². The van der Waals surface area contributed by atoms with Crippen LogP contribution in [0, 0.1) is 0 Å². The molecule has 0 aliphatic rings. The van der Waals surface area contributed by atoms with Gasteiger partial charge < -0.3 is 16.2 Å². The Morgan fingerprint density at radius 3 is 2.33 bits per heavy atom. The molecule has 0 aromatic carbocycles. The predicted octanol–water partition coefficient (Wildman–Crippen LogP) is -0.154. The van der Waals surface area contributed by atoms with Crippen molar-refractivity contribution in [2.45, 2.75) is 25.2 Å². The summed E-state index contributed by atoms with van der Waals surface area (Å²) in [6, 6.07) is -1.20. The number of hydrogen-bond acceptors (Lipinski definition) is 3. The third-order valence-corrected chi connectivity index (χ3v) is 1.48. The van der Waals surface area contributed by atoms with Gasteiger partial charge in [-0.05, 0) is 6.92 Å². The van der Waals surface area contributed by atoms with Crippen LogP contribution in [0.4, 0.5) is 13.2 Å². The number of aliphatic hydroxyl groups excluding tert-OH is 1. The molecule has 0 rings (SSSR count). The minimum Gasteiger partial charge on any atom is -0.395 e. The fourth-order valence-corrected chi connectivity index (χ4v) is 0.586. The van der Waals surface area contributed by atoms with Crippen molar-refractivity contribution < 1.29 is 18.3 Å². The van der Waals surface area contributed by atoms with E-state index in [9.17, 15) is 13.2 Å². The Morgan fingerprint density at radius 1 is 1.50 bits per heavy atom. The number of alkyl halides is 3. The Hall–Kier alpha value is -0.330. The molecule has 2 unspecified atom stereocenters. The summed E-state index contributed by atoms with van der Waals surface area (Å²) >= 11 is 0. The van der Waals surface area contributed by atoms with Gasteiger partial charge in [-0.25, -0.2) is 0 Å². The van der Waals surface area contributed by atoms with Crippen LogP contribution in [0.3, 0.4) is 0 Å². The highest BCUT2D eigenvalue weighted by molar-refractivity contribution is 4.75. The van der Waals surface area contributed by atoms with Crippen molar-refractivity contribution in [3.8, 4) is 0 Å². The second-order valence-corrected chi connectivity index (χ2v) is 2.63. The largest absolute Gasteiger partial charge is 0.401 e. The quantitative estimate of drug-likeness (QED) is 0.572. The SMILES string of the molecule is CC(NCC(F)(F)F)C(N)CO. The van der Waals surface area contributed by atoms with Crippen LogP contribution in [0.1, 0.15) is 6.92 Å². The number of nitrogens with one attached hydrogen (secondary N) is 1. The van der Waals surface area contributed by atoms with E-state index in [4.69, 9.17) is 10.8 Å². The highest BCUT2D eigenvalue weighted by Crippen LogP contribution is 2.12. The zero-order valence-corrected chi connectivity index (χ0v) is 6.73. The molecule has 6 heteroatoms. The van der Waals surface area contributed by atoms with E-state index in [1.807, 2.05) is 0 Å². The van der Waals surface area contributed by atoms with Crippen molar-refractivity contribution in [3.63, 3.8) is 0 Å². The summed E-state index contributed by atoms with van der Waals surface area (Å²) in [4.78, 5) is 0. The maximum Gasteiger partial charge on any atom is 0.401 e. The molecular formula is C6H13F3N2O. The molecule has 4 N–H and O–H groups in total. The van der Waals surface area contributed by atoms with Crippen LogP contribution in [-0.2, 0) is 0 Å². The average Bonchev–Trinajstić information content (AvgIpc) is 1.97. The van der Waals surface area contributed by atoms with E-state index in [2.05, 4.69) is 5.32 Å². The molecule has 12 heavy (non-hydrogen) atoms. The molecule has 0 radical (unpaired) electrons. The molecule has 74 valence electrons. The minimum atomic E-state index is -4.23. The molecule has 0 saturated carbocycles. The first-order chi connectivity index (χ1) is 5.37. The summed E-state index contributed by atoms with van der Waals surface area (Å²) < 4.78 is 34.9. The van der Waals surface area contributed by atoms with Crippen molar-refractivity contribution in [3.05, 3.63) is 0 Å². The summed E-state index contributed by atoms with van der Waals surface area (Å²) in [5, 5.41) is 10.7. The lowest BCUT2D eigenvalue weighted by atomic mass is 10.2. The summed E-state index contributed by atoms with van der Waals surface area (Å²) in [6.45, 7) is 0.0838. The fraction of sp³-hybridized carbons (Fsp3) is 1.00. The fourth-order valence-electron chi connectivity index (χ4n) is 0.586. The van der Waals surface area contributed by atoms with Gasteiger partial charge in [0.05, 0.1) is 13.2 Å². The molecule has 0 aliphatic carbocycles. The first-order valence-electron chi connectivity index (χ1n) is 3.53. The molecular weight excluding hydrogens is 173 g/mol. The Balaban J connectivity index is 3.64. The van der Waals surface area contributed by atoms with Gasteiger partial charge in [0.2, 0.25) is 0 Å².